The molecule has 6 heteroatoms. The zero-order valence-electron chi connectivity index (χ0n) is 15.1. The molecule has 2 aromatic carbocycles. The number of rotatable bonds is 6. The van der Waals surface area contributed by atoms with Crippen molar-refractivity contribution < 1.29 is 14.3 Å². The Morgan fingerprint density at radius 3 is 2.59 bits per heavy atom. The summed E-state index contributed by atoms with van der Waals surface area (Å²) in [7, 11) is 0. The maximum Gasteiger partial charge on any atom is 0.293 e. The van der Waals surface area contributed by atoms with Gasteiger partial charge in [0.15, 0.2) is 0 Å². The second-order valence-corrected chi connectivity index (χ2v) is 8.08. The van der Waals surface area contributed by atoms with Crippen molar-refractivity contribution in [3.8, 4) is 5.75 Å². The lowest BCUT2D eigenvalue weighted by molar-refractivity contribution is -0.123. The summed E-state index contributed by atoms with van der Waals surface area (Å²) >= 11 is 4.43. The highest BCUT2D eigenvalue weighted by Gasteiger charge is 2.35. The number of thioether (sulfide) groups is 1. The van der Waals surface area contributed by atoms with Crippen molar-refractivity contribution in [1.29, 1.82) is 0 Å². The fourth-order valence-electron chi connectivity index (χ4n) is 2.58. The average Bonchev–Trinajstić information content (AvgIpc) is 2.92. The molecule has 3 rings (SSSR count). The third-order valence-corrected chi connectivity index (χ3v) is 5.95. The van der Waals surface area contributed by atoms with Crippen LogP contribution < -0.4 is 4.74 Å². The monoisotopic (exact) mass is 445 g/mol. The van der Waals surface area contributed by atoms with E-state index >= 15 is 0 Å². The topological polar surface area (TPSA) is 46.6 Å². The highest BCUT2D eigenvalue weighted by atomic mass is 79.9. The SMILES string of the molecule is CC[C@@H](C)Oc1ccccc1/C=C1/SC(=O)N(Cc2ccccc2Br)C1=O. The largest absolute Gasteiger partial charge is 0.490 e. The van der Waals surface area contributed by atoms with Crippen LogP contribution in [0.5, 0.6) is 5.75 Å². The lowest BCUT2D eigenvalue weighted by Crippen LogP contribution is -2.27. The van der Waals surface area contributed by atoms with E-state index in [0.29, 0.717) is 10.7 Å². The van der Waals surface area contributed by atoms with Gasteiger partial charge in [-0.3, -0.25) is 14.5 Å². The van der Waals surface area contributed by atoms with Gasteiger partial charge in [0.2, 0.25) is 0 Å². The number of nitrogens with zero attached hydrogens (tertiary/aromatic N) is 1. The van der Waals surface area contributed by atoms with Crippen LogP contribution in [0.4, 0.5) is 4.79 Å². The van der Waals surface area contributed by atoms with Crippen molar-refractivity contribution >= 4 is 44.9 Å². The van der Waals surface area contributed by atoms with E-state index in [0.717, 1.165) is 33.8 Å². The van der Waals surface area contributed by atoms with Crippen LogP contribution >= 0.6 is 27.7 Å². The van der Waals surface area contributed by atoms with Crippen molar-refractivity contribution in [3.63, 3.8) is 0 Å². The van der Waals surface area contributed by atoms with Gasteiger partial charge in [0.1, 0.15) is 5.75 Å². The molecule has 1 fully saturated rings. The first kappa shape index (κ1) is 19.7. The van der Waals surface area contributed by atoms with Crippen LogP contribution in [0.3, 0.4) is 0 Å². The molecular weight excluding hydrogens is 426 g/mol. The van der Waals surface area contributed by atoms with E-state index in [2.05, 4.69) is 22.9 Å². The molecule has 1 saturated heterocycles. The van der Waals surface area contributed by atoms with Gasteiger partial charge in [-0.2, -0.15) is 0 Å². The van der Waals surface area contributed by atoms with E-state index in [4.69, 9.17) is 4.74 Å². The molecule has 1 aliphatic rings. The van der Waals surface area contributed by atoms with Gasteiger partial charge < -0.3 is 4.74 Å². The minimum Gasteiger partial charge on any atom is -0.490 e. The minimum atomic E-state index is -0.279. The average molecular weight is 446 g/mol. The third kappa shape index (κ3) is 4.62. The molecule has 1 heterocycles. The molecule has 1 atom stereocenters. The Morgan fingerprint density at radius 1 is 1.15 bits per heavy atom. The summed E-state index contributed by atoms with van der Waals surface area (Å²) in [6.07, 6.45) is 2.70. The van der Waals surface area contributed by atoms with E-state index in [1.807, 2.05) is 55.5 Å². The fourth-order valence-corrected chi connectivity index (χ4v) is 3.82. The van der Waals surface area contributed by atoms with Gasteiger partial charge >= 0.3 is 0 Å². The maximum atomic E-state index is 12.8. The predicted molar refractivity (Wildman–Crippen MR) is 112 cm³/mol. The van der Waals surface area contributed by atoms with Gasteiger partial charge in [-0.25, -0.2) is 0 Å². The summed E-state index contributed by atoms with van der Waals surface area (Å²) in [6, 6.07) is 15.1. The van der Waals surface area contributed by atoms with Gasteiger partial charge in [-0.1, -0.05) is 59.3 Å². The summed E-state index contributed by atoms with van der Waals surface area (Å²) in [5, 5.41) is -0.262. The van der Waals surface area contributed by atoms with Crippen LogP contribution in [0.1, 0.15) is 31.4 Å². The Kier molecular flexibility index (Phi) is 6.39. The Labute approximate surface area is 171 Å². The fraction of sp³-hybridized carbons (Fsp3) is 0.238. The molecule has 0 aliphatic carbocycles. The molecule has 0 spiro atoms. The summed E-state index contributed by atoms with van der Waals surface area (Å²) in [5.41, 5.74) is 1.69. The number of benzene rings is 2. The number of hydrogen-bond acceptors (Lipinski definition) is 4. The second-order valence-electron chi connectivity index (χ2n) is 6.23. The zero-order valence-corrected chi connectivity index (χ0v) is 17.5. The number of carbonyl (C=O) groups is 2. The van der Waals surface area contributed by atoms with E-state index in [-0.39, 0.29) is 23.8 Å². The Balaban J connectivity index is 1.84. The minimum absolute atomic E-state index is 0.0741. The van der Waals surface area contributed by atoms with Gasteiger partial charge in [0.25, 0.3) is 11.1 Å². The molecule has 0 bridgehead atoms. The van der Waals surface area contributed by atoms with Crippen LogP contribution in [0.15, 0.2) is 57.9 Å². The number of hydrogen-bond donors (Lipinski definition) is 0. The van der Waals surface area contributed by atoms with Crippen molar-refractivity contribution in [2.24, 2.45) is 0 Å². The van der Waals surface area contributed by atoms with Gasteiger partial charge in [0, 0.05) is 10.0 Å². The molecule has 0 N–H and O–H groups in total. The first-order chi connectivity index (χ1) is 13.0. The number of halogens is 1. The number of amides is 2. The van der Waals surface area contributed by atoms with Crippen molar-refractivity contribution in [2.75, 3.05) is 0 Å². The van der Waals surface area contributed by atoms with Crippen LogP contribution in [0.2, 0.25) is 0 Å². The predicted octanol–water partition coefficient (Wildman–Crippen LogP) is 5.86. The number of carbonyl (C=O) groups excluding carboxylic acids is 2. The first-order valence-electron chi connectivity index (χ1n) is 8.74. The molecule has 4 nitrogen and oxygen atoms in total. The highest BCUT2D eigenvalue weighted by molar-refractivity contribution is 9.10. The second kappa shape index (κ2) is 8.76. The quantitative estimate of drug-likeness (QED) is 0.522. The molecule has 1 aliphatic heterocycles. The molecule has 0 aromatic heterocycles. The molecule has 0 unspecified atom stereocenters. The van der Waals surface area contributed by atoms with Gasteiger partial charge in [-0.15, -0.1) is 0 Å². The van der Waals surface area contributed by atoms with Crippen molar-refractivity contribution in [2.45, 2.75) is 32.9 Å². The molecular formula is C21H20BrNO3S. The summed E-state index contributed by atoms with van der Waals surface area (Å²) in [6.45, 7) is 4.30. The van der Waals surface area contributed by atoms with Gasteiger partial charge in [0.05, 0.1) is 17.6 Å². The number of para-hydroxylation sites is 1. The molecule has 2 aromatic rings. The molecule has 140 valence electrons. The van der Waals surface area contributed by atoms with Crippen molar-refractivity contribution in [3.05, 3.63) is 69.0 Å². The molecule has 27 heavy (non-hydrogen) atoms. The zero-order chi connectivity index (χ0) is 19.4. The lowest BCUT2D eigenvalue weighted by atomic mass is 10.1. The number of ether oxygens (including phenoxy) is 1. The highest BCUT2D eigenvalue weighted by Crippen LogP contribution is 2.35. The van der Waals surface area contributed by atoms with E-state index in [9.17, 15) is 9.59 Å². The maximum absolute atomic E-state index is 12.8. The van der Waals surface area contributed by atoms with Crippen LogP contribution in [0, 0.1) is 0 Å². The first-order valence-corrected chi connectivity index (χ1v) is 10.3. The summed E-state index contributed by atoms with van der Waals surface area (Å²) in [5.74, 6) is 0.434. The van der Waals surface area contributed by atoms with Gasteiger partial charge in [-0.05, 0) is 48.9 Å². The van der Waals surface area contributed by atoms with Crippen LogP contribution in [0.25, 0.3) is 6.08 Å². The summed E-state index contributed by atoms with van der Waals surface area (Å²) < 4.78 is 6.81. The third-order valence-electron chi connectivity index (χ3n) is 4.27. The smallest absolute Gasteiger partial charge is 0.293 e. The van der Waals surface area contributed by atoms with Crippen LogP contribution in [-0.4, -0.2) is 22.2 Å². The Bertz CT molecular complexity index is 897. The molecule has 0 radical (unpaired) electrons. The molecule has 0 saturated carbocycles. The Morgan fingerprint density at radius 2 is 1.85 bits per heavy atom. The summed E-state index contributed by atoms with van der Waals surface area (Å²) in [4.78, 5) is 26.9. The normalized spacial score (nSPS) is 16.9. The van der Waals surface area contributed by atoms with E-state index in [1.165, 1.54) is 4.90 Å². The molecule has 2 amide bonds. The Hall–Kier alpha value is -2.05. The lowest BCUT2D eigenvalue weighted by Gasteiger charge is -2.15. The van der Waals surface area contributed by atoms with E-state index in [1.54, 1.807) is 6.08 Å². The standard InChI is InChI=1S/C21H20BrNO3S/c1-3-14(2)26-18-11-7-5-8-15(18)12-19-20(24)23(21(25)27-19)13-16-9-4-6-10-17(16)22/h4-12,14H,3,13H2,1-2H3/b19-12+/t14-/m1/s1. The number of imide groups is 1. The van der Waals surface area contributed by atoms with E-state index < -0.39 is 0 Å². The van der Waals surface area contributed by atoms with Crippen LogP contribution in [-0.2, 0) is 11.3 Å². The van der Waals surface area contributed by atoms with Crippen molar-refractivity contribution in [1.82, 2.24) is 4.90 Å².